The summed E-state index contributed by atoms with van der Waals surface area (Å²) >= 11 is 0. The Morgan fingerprint density at radius 2 is 1.88 bits per heavy atom. The Balaban J connectivity index is 2.80. The summed E-state index contributed by atoms with van der Waals surface area (Å²) in [6.45, 7) is 1.72. The molecule has 0 saturated heterocycles. The minimum absolute atomic E-state index is 0.0794. The molecule has 1 aromatic rings. The second-order valence-corrected chi connectivity index (χ2v) is 4.79. The van der Waals surface area contributed by atoms with E-state index in [1.54, 1.807) is 6.92 Å². The highest BCUT2D eigenvalue weighted by Gasteiger charge is 2.12. The lowest BCUT2D eigenvalue weighted by molar-refractivity contribution is -0.384. The summed E-state index contributed by atoms with van der Waals surface area (Å²) in [4.78, 5) is 9.78. The van der Waals surface area contributed by atoms with Gasteiger partial charge in [-0.1, -0.05) is 6.92 Å². The Bertz CT molecular complexity index is 465. The second kappa shape index (κ2) is 4.93. The van der Waals surface area contributed by atoms with Crippen LogP contribution in [0.15, 0.2) is 24.3 Å². The van der Waals surface area contributed by atoms with Gasteiger partial charge in [0.1, 0.15) is 5.75 Å². The van der Waals surface area contributed by atoms with Crippen LogP contribution in [0.3, 0.4) is 0 Å². The van der Waals surface area contributed by atoms with Crippen molar-refractivity contribution in [2.24, 2.45) is 0 Å². The van der Waals surface area contributed by atoms with Crippen LogP contribution in [0.25, 0.3) is 0 Å². The molecular formula is C9H11NO5S. The third kappa shape index (κ3) is 3.50. The largest absolute Gasteiger partial charge is 0.382 e. The molecular weight excluding hydrogens is 234 g/mol. The highest BCUT2D eigenvalue weighted by atomic mass is 32.2. The lowest BCUT2D eigenvalue weighted by Crippen LogP contribution is -2.12. The standard InChI is InChI=1S/C9H11NO5S/c1-2-7-16(13,14)15-9-5-3-8(4-6-9)10(11)12/h3-6H,2,7H2,1H3. The summed E-state index contributed by atoms with van der Waals surface area (Å²) in [6, 6.07) is 4.89. The first-order valence-corrected chi connectivity index (χ1v) is 6.19. The van der Waals surface area contributed by atoms with Crippen molar-refractivity contribution < 1.29 is 17.5 Å². The number of benzene rings is 1. The van der Waals surface area contributed by atoms with E-state index in [-0.39, 0.29) is 17.2 Å². The minimum atomic E-state index is -3.59. The molecule has 1 rings (SSSR count). The zero-order valence-corrected chi connectivity index (χ0v) is 9.44. The van der Waals surface area contributed by atoms with Crippen LogP contribution in [0.1, 0.15) is 13.3 Å². The van der Waals surface area contributed by atoms with E-state index < -0.39 is 15.0 Å². The van der Waals surface area contributed by atoms with Gasteiger partial charge in [0.2, 0.25) is 0 Å². The summed E-state index contributed by atoms with van der Waals surface area (Å²) in [7, 11) is -3.59. The van der Waals surface area contributed by atoms with Crippen molar-refractivity contribution in [3.05, 3.63) is 34.4 Å². The first-order valence-electron chi connectivity index (χ1n) is 4.61. The molecule has 0 aliphatic heterocycles. The van der Waals surface area contributed by atoms with Gasteiger partial charge >= 0.3 is 10.1 Å². The van der Waals surface area contributed by atoms with Gasteiger partial charge in [-0.2, -0.15) is 8.42 Å². The van der Waals surface area contributed by atoms with E-state index in [4.69, 9.17) is 4.18 Å². The maximum Gasteiger partial charge on any atom is 0.309 e. The molecule has 7 heteroatoms. The number of nitrogens with zero attached hydrogens (tertiary/aromatic N) is 1. The maximum absolute atomic E-state index is 11.3. The Hall–Kier alpha value is -1.63. The van der Waals surface area contributed by atoms with Crippen molar-refractivity contribution in [3.8, 4) is 5.75 Å². The van der Waals surface area contributed by atoms with Gasteiger partial charge in [-0.25, -0.2) is 0 Å². The van der Waals surface area contributed by atoms with Crippen molar-refractivity contribution in [2.45, 2.75) is 13.3 Å². The van der Waals surface area contributed by atoms with Crippen LogP contribution in [-0.4, -0.2) is 19.1 Å². The van der Waals surface area contributed by atoms with E-state index in [2.05, 4.69) is 0 Å². The number of hydrogen-bond donors (Lipinski definition) is 0. The molecule has 0 saturated carbocycles. The number of nitro groups is 1. The van der Waals surface area contributed by atoms with Crippen LogP contribution in [0.2, 0.25) is 0 Å². The summed E-state index contributed by atoms with van der Waals surface area (Å²) in [5.41, 5.74) is -0.111. The van der Waals surface area contributed by atoms with Crippen LogP contribution in [-0.2, 0) is 10.1 Å². The third-order valence-electron chi connectivity index (χ3n) is 1.72. The monoisotopic (exact) mass is 245 g/mol. The molecule has 0 N–H and O–H groups in total. The molecule has 0 aromatic heterocycles. The predicted molar refractivity (Wildman–Crippen MR) is 57.8 cm³/mol. The topological polar surface area (TPSA) is 86.5 Å². The second-order valence-electron chi connectivity index (χ2n) is 3.10. The molecule has 16 heavy (non-hydrogen) atoms. The number of nitro benzene ring substituents is 1. The Morgan fingerprint density at radius 3 is 2.31 bits per heavy atom. The Morgan fingerprint density at radius 1 is 1.31 bits per heavy atom. The highest BCUT2D eigenvalue weighted by Crippen LogP contribution is 2.18. The fraction of sp³-hybridized carbons (Fsp3) is 0.333. The van der Waals surface area contributed by atoms with Gasteiger partial charge < -0.3 is 4.18 Å². The average Bonchev–Trinajstić information content (AvgIpc) is 2.17. The molecule has 0 aliphatic rings. The van der Waals surface area contributed by atoms with E-state index in [1.807, 2.05) is 0 Å². The van der Waals surface area contributed by atoms with Crippen molar-refractivity contribution in [3.63, 3.8) is 0 Å². The summed E-state index contributed by atoms with van der Waals surface area (Å²) in [6.07, 6.45) is 0.454. The van der Waals surface area contributed by atoms with Crippen molar-refractivity contribution >= 4 is 15.8 Å². The van der Waals surface area contributed by atoms with Crippen molar-refractivity contribution in [1.82, 2.24) is 0 Å². The van der Waals surface area contributed by atoms with Gasteiger partial charge in [0.15, 0.2) is 0 Å². The summed E-state index contributed by atoms with van der Waals surface area (Å²) in [5, 5.41) is 10.3. The van der Waals surface area contributed by atoms with Gasteiger partial charge in [-0.05, 0) is 18.6 Å². The zero-order chi connectivity index (χ0) is 12.2. The molecule has 0 spiro atoms. The van der Waals surface area contributed by atoms with Gasteiger partial charge in [0.25, 0.3) is 5.69 Å². The van der Waals surface area contributed by atoms with E-state index in [1.165, 1.54) is 24.3 Å². The molecule has 0 bridgehead atoms. The third-order valence-corrected chi connectivity index (χ3v) is 3.08. The molecule has 0 aliphatic carbocycles. The van der Waals surface area contributed by atoms with Crippen molar-refractivity contribution in [1.29, 1.82) is 0 Å². The zero-order valence-electron chi connectivity index (χ0n) is 8.62. The quantitative estimate of drug-likeness (QED) is 0.447. The molecule has 0 unspecified atom stereocenters. The van der Waals surface area contributed by atoms with Gasteiger partial charge in [0, 0.05) is 12.1 Å². The van der Waals surface area contributed by atoms with Crippen LogP contribution >= 0.6 is 0 Å². The van der Waals surface area contributed by atoms with Gasteiger partial charge in [0.05, 0.1) is 10.7 Å². The molecule has 0 radical (unpaired) electrons. The molecule has 6 nitrogen and oxygen atoms in total. The molecule has 0 fully saturated rings. The van der Waals surface area contributed by atoms with Crippen LogP contribution in [0.5, 0.6) is 5.75 Å². The molecule has 88 valence electrons. The van der Waals surface area contributed by atoms with E-state index >= 15 is 0 Å². The average molecular weight is 245 g/mol. The SMILES string of the molecule is CCCS(=O)(=O)Oc1ccc([N+](=O)[O-])cc1. The maximum atomic E-state index is 11.3. The van der Waals surface area contributed by atoms with Gasteiger partial charge in [-0.15, -0.1) is 0 Å². The molecule has 0 amide bonds. The predicted octanol–water partition coefficient (Wildman–Crippen LogP) is 1.71. The Labute approximate surface area is 93.1 Å². The molecule has 0 heterocycles. The first-order chi connectivity index (χ1) is 7.44. The van der Waals surface area contributed by atoms with Crippen LogP contribution in [0.4, 0.5) is 5.69 Å². The summed E-state index contributed by atoms with van der Waals surface area (Å²) < 4.78 is 27.3. The molecule has 1 aromatic carbocycles. The lowest BCUT2D eigenvalue weighted by Gasteiger charge is -2.04. The van der Waals surface area contributed by atoms with E-state index in [0.717, 1.165) is 0 Å². The molecule has 0 atom stereocenters. The minimum Gasteiger partial charge on any atom is -0.382 e. The number of rotatable bonds is 5. The van der Waals surface area contributed by atoms with Crippen LogP contribution < -0.4 is 4.18 Å². The normalized spacial score (nSPS) is 11.1. The number of hydrogen-bond acceptors (Lipinski definition) is 5. The smallest absolute Gasteiger partial charge is 0.309 e. The lowest BCUT2D eigenvalue weighted by atomic mass is 10.3. The van der Waals surface area contributed by atoms with Crippen LogP contribution in [0, 0.1) is 10.1 Å². The fourth-order valence-electron chi connectivity index (χ4n) is 1.06. The van der Waals surface area contributed by atoms with E-state index in [0.29, 0.717) is 6.42 Å². The summed E-state index contributed by atoms with van der Waals surface area (Å²) in [5.74, 6) is 0.00308. The number of non-ortho nitro benzene ring substituents is 1. The fourth-order valence-corrected chi connectivity index (χ4v) is 2.05. The first kappa shape index (κ1) is 12.4. The highest BCUT2D eigenvalue weighted by molar-refractivity contribution is 7.87. The van der Waals surface area contributed by atoms with E-state index in [9.17, 15) is 18.5 Å². The van der Waals surface area contributed by atoms with Gasteiger partial charge in [-0.3, -0.25) is 10.1 Å². The van der Waals surface area contributed by atoms with Crippen molar-refractivity contribution in [2.75, 3.05) is 5.75 Å². The Kier molecular flexibility index (Phi) is 3.83.